The van der Waals surface area contributed by atoms with Crippen molar-refractivity contribution in [1.82, 2.24) is 4.98 Å². The second-order valence-corrected chi connectivity index (χ2v) is 7.26. The van der Waals surface area contributed by atoms with E-state index in [2.05, 4.69) is 15.6 Å². The molecule has 0 fully saturated rings. The summed E-state index contributed by atoms with van der Waals surface area (Å²) in [6.07, 6.45) is 0. The third-order valence-corrected chi connectivity index (χ3v) is 5.38. The summed E-state index contributed by atoms with van der Waals surface area (Å²) in [6, 6.07) is 16.7. The number of thiazole rings is 1. The summed E-state index contributed by atoms with van der Waals surface area (Å²) >= 11 is 1.13. The number of aromatic nitrogens is 1. The molecule has 2 heterocycles. The molecule has 2 N–H and O–H groups in total. The molecule has 2 aromatic heterocycles. The molecule has 0 aliphatic heterocycles. The number of furan rings is 1. The molecule has 2 amide bonds. The van der Waals surface area contributed by atoms with Crippen molar-refractivity contribution in [3.05, 3.63) is 76.5 Å². The van der Waals surface area contributed by atoms with Crippen LogP contribution in [-0.2, 0) is 0 Å². The van der Waals surface area contributed by atoms with E-state index in [0.717, 1.165) is 22.3 Å². The first kappa shape index (κ1) is 17.9. The predicted molar refractivity (Wildman–Crippen MR) is 110 cm³/mol. The molecule has 0 saturated heterocycles. The number of nitrogens with zero attached hydrogens (tertiary/aromatic N) is 1. The fourth-order valence-corrected chi connectivity index (χ4v) is 3.77. The van der Waals surface area contributed by atoms with Crippen molar-refractivity contribution < 1.29 is 14.0 Å². The Hall–Kier alpha value is -3.45. The minimum atomic E-state index is -0.391. The number of para-hydroxylation sites is 2. The number of nitrogens with one attached hydrogen (secondary N) is 2. The van der Waals surface area contributed by atoms with E-state index in [1.54, 1.807) is 19.1 Å². The zero-order valence-electron chi connectivity index (χ0n) is 15.3. The first-order valence-corrected chi connectivity index (χ1v) is 9.48. The van der Waals surface area contributed by atoms with Crippen molar-refractivity contribution in [1.29, 1.82) is 0 Å². The highest BCUT2D eigenvalue weighted by Crippen LogP contribution is 2.28. The first-order chi connectivity index (χ1) is 13.5. The molecule has 0 atom stereocenters. The van der Waals surface area contributed by atoms with Crippen LogP contribution in [0.1, 0.15) is 31.5 Å². The predicted octanol–water partition coefficient (Wildman–Crippen LogP) is 5.01. The van der Waals surface area contributed by atoms with Crippen molar-refractivity contribution >= 4 is 44.9 Å². The number of rotatable bonds is 4. The van der Waals surface area contributed by atoms with E-state index in [1.807, 2.05) is 49.4 Å². The van der Waals surface area contributed by atoms with Gasteiger partial charge in [-0.3, -0.25) is 14.9 Å². The zero-order chi connectivity index (χ0) is 19.7. The molecule has 4 rings (SSSR count). The highest BCUT2D eigenvalue weighted by molar-refractivity contribution is 7.17. The van der Waals surface area contributed by atoms with Gasteiger partial charge in [0.1, 0.15) is 10.5 Å². The molecule has 0 bridgehead atoms. The summed E-state index contributed by atoms with van der Waals surface area (Å²) in [5.41, 5.74) is 2.67. The SMILES string of the molecule is Cc1nc(NC(=O)c2oc3ccccc3c2C)sc1C(=O)Nc1ccccc1. The summed E-state index contributed by atoms with van der Waals surface area (Å²) in [4.78, 5) is 29.9. The van der Waals surface area contributed by atoms with Crippen LogP contribution in [0.15, 0.2) is 59.0 Å². The van der Waals surface area contributed by atoms with Crippen LogP contribution in [0, 0.1) is 13.8 Å². The average molecular weight is 391 g/mol. The summed E-state index contributed by atoms with van der Waals surface area (Å²) < 4.78 is 5.68. The molecule has 0 saturated carbocycles. The Kier molecular flexibility index (Phi) is 4.67. The fourth-order valence-electron chi connectivity index (χ4n) is 2.91. The molecule has 0 radical (unpaired) electrons. The van der Waals surface area contributed by atoms with Gasteiger partial charge in [0, 0.05) is 16.6 Å². The number of hydrogen-bond donors (Lipinski definition) is 2. The van der Waals surface area contributed by atoms with E-state index in [9.17, 15) is 9.59 Å². The number of carbonyl (C=O) groups is 2. The molecule has 0 spiro atoms. The van der Waals surface area contributed by atoms with Gasteiger partial charge >= 0.3 is 0 Å². The van der Waals surface area contributed by atoms with E-state index in [1.165, 1.54) is 0 Å². The van der Waals surface area contributed by atoms with Crippen molar-refractivity contribution in [3.63, 3.8) is 0 Å². The number of hydrogen-bond acceptors (Lipinski definition) is 5. The smallest absolute Gasteiger partial charge is 0.293 e. The third-order valence-electron chi connectivity index (χ3n) is 4.30. The Labute approximate surface area is 165 Å². The number of aryl methyl sites for hydroxylation is 2. The molecule has 0 aliphatic carbocycles. The maximum atomic E-state index is 12.6. The Bertz CT molecular complexity index is 1180. The number of amides is 2. The lowest BCUT2D eigenvalue weighted by molar-refractivity contribution is 0.0996. The molecular weight excluding hydrogens is 374 g/mol. The number of anilines is 2. The Morgan fingerprint density at radius 3 is 2.39 bits per heavy atom. The van der Waals surface area contributed by atoms with Crippen molar-refractivity contribution in [2.24, 2.45) is 0 Å². The molecule has 7 heteroatoms. The van der Waals surface area contributed by atoms with Crippen molar-refractivity contribution in [2.75, 3.05) is 10.6 Å². The highest BCUT2D eigenvalue weighted by Gasteiger charge is 2.21. The lowest BCUT2D eigenvalue weighted by Gasteiger charge is -2.02. The summed E-state index contributed by atoms with van der Waals surface area (Å²) in [7, 11) is 0. The third kappa shape index (κ3) is 3.39. The topological polar surface area (TPSA) is 84.2 Å². The van der Waals surface area contributed by atoms with Crippen LogP contribution in [0.3, 0.4) is 0 Å². The largest absolute Gasteiger partial charge is 0.451 e. The minimum Gasteiger partial charge on any atom is -0.451 e. The monoisotopic (exact) mass is 391 g/mol. The standard InChI is InChI=1S/C21H17N3O3S/c1-12-15-10-6-7-11-16(15)27-17(12)19(25)24-21-22-13(2)18(28-21)20(26)23-14-8-4-3-5-9-14/h3-11H,1-2H3,(H,23,26)(H,22,24,25). The molecule has 6 nitrogen and oxygen atoms in total. The van der Waals surface area contributed by atoms with Crippen LogP contribution < -0.4 is 10.6 Å². The van der Waals surface area contributed by atoms with E-state index in [4.69, 9.17) is 4.42 Å². The van der Waals surface area contributed by atoms with Gasteiger partial charge in [-0.25, -0.2) is 4.98 Å². The van der Waals surface area contributed by atoms with Gasteiger partial charge < -0.3 is 9.73 Å². The van der Waals surface area contributed by atoms with E-state index in [-0.39, 0.29) is 11.7 Å². The Morgan fingerprint density at radius 1 is 0.929 bits per heavy atom. The first-order valence-electron chi connectivity index (χ1n) is 8.66. The van der Waals surface area contributed by atoms with Gasteiger partial charge in [-0.2, -0.15) is 0 Å². The second kappa shape index (κ2) is 7.28. The normalized spacial score (nSPS) is 10.8. The van der Waals surface area contributed by atoms with Crippen molar-refractivity contribution in [2.45, 2.75) is 13.8 Å². The molecular formula is C21H17N3O3S. The summed E-state index contributed by atoms with van der Waals surface area (Å²) in [5.74, 6) is -0.413. The van der Waals surface area contributed by atoms with Crippen LogP contribution in [0.5, 0.6) is 0 Å². The van der Waals surface area contributed by atoms with Crippen LogP contribution in [0.4, 0.5) is 10.8 Å². The molecule has 0 aliphatic rings. The van der Waals surface area contributed by atoms with Gasteiger partial charge in [0.25, 0.3) is 11.8 Å². The fraction of sp³-hybridized carbons (Fsp3) is 0.0952. The van der Waals surface area contributed by atoms with Crippen molar-refractivity contribution in [3.8, 4) is 0 Å². The molecule has 28 heavy (non-hydrogen) atoms. The average Bonchev–Trinajstić information content (AvgIpc) is 3.23. The summed E-state index contributed by atoms with van der Waals surface area (Å²) in [6.45, 7) is 3.57. The van der Waals surface area contributed by atoms with Gasteiger partial charge in [-0.15, -0.1) is 0 Å². The van der Waals surface area contributed by atoms with Gasteiger partial charge in [0.15, 0.2) is 10.9 Å². The quantitative estimate of drug-likeness (QED) is 0.512. The molecule has 4 aromatic rings. The molecule has 2 aromatic carbocycles. The van der Waals surface area contributed by atoms with Gasteiger partial charge in [0.05, 0.1) is 5.69 Å². The lowest BCUT2D eigenvalue weighted by Crippen LogP contribution is -2.12. The van der Waals surface area contributed by atoms with Crippen LogP contribution >= 0.6 is 11.3 Å². The maximum Gasteiger partial charge on any atom is 0.293 e. The van der Waals surface area contributed by atoms with Gasteiger partial charge in [0.2, 0.25) is 0 Å². The maximum absolute atomic E-state index is 12.6. The van der Waals surface area contributed by atoms with Crippen LogP contribution in [-0.4, -0.2) is 16.8 Å². The van der Waals surface area contributed by atoms with Crippen LogP contribution in [0.2, 0.25) is 0 Å². The minimum absolute atomic E-state index is 0.240. The van der Waals surface area contributed by atoms with E-state index in [0.29, 0.717) is 27.0 Å². The number of fused-ring (bicyclic) bond motifs is 1. The molecule has 140 valence electrons. The second-order valence-electron chi connectivity index (χ2n) is 6.26. The zero-order valence-corrected chi connectivity index (χ0v) is 16.1. The Balaban J connectivity index is 1.54. The van der Waals surface area contributed by atoms with Gasteiger partial charge in [-0.1, -0.05) is 47.7 Å². The Morgan fingerprint density at radius 2 is 1.64 bits per heavy atom. The van der Waals surface area contributed by atoms with Gasteiger partial charge in [-0.05, 0) is 32.0 Å². The van der Waals surface area contributed by atoms with Crippen LogP contribution in [0.25, 0.3) is 11.0 Å². The summed E-state index contributed by atoms with van der Waals surface area (Å²) in [5, 5.41) is 6.80. The highest BCUT2D eigenvalue weighted by atomic mass is 32.1. The van der Waals surface area contributed by atoms with E-state index < -0.39 is 5.91 Å². The number of benzene rings is 2. The molecule has 0 unspecified atom stereocenters. The number of carbonyl (C=O) groups excluding carboxylic acids is 2. The lowest BCUT2D eigenvalue weighted by atomic mass is 10.1. The van der Waals surface area contributed by atoms with E-state index >= 15 is 0 Å².